The molecule has 1 N–H and O–H groups in total. The topological polar surface area (TPSA) is 78.1 Å². The Labute approximate surface area is 184 Å². The van der Waals surface area contributed by atoms with E-state index in [1.807, 2.05) is 0 Å². The molecule has 162 valence electrons. The number of halogens is 1. The molecule has 1 aliphatic rings. The zero-order chi connectivity index (χ0) is 22.0. The lowest BCUT2D eigenvalue weighted by atomic mass is 9.81. The van der Waals surface area contributed by atoms with Crippen LogP contribution < -0.4 is 14.9 Å². The molecule has 2 aromatic carbocycles. The summed E-state index contributed by atoms with van der Waals surface area (Å²) < 4.78 is 23.0. The summed E-state index contributed by atoms with van der Waals surface area (Å²) in [4.78, 5) is 12.6. The summed E-state index contributed by atoms with van der Waals surface area (Å²) in [5.74, 6) is 1.82. The minimum absolute atomic E-state index is 0.105. The average Bonchev–Trinajstić information content (AvgIpc) is 2.72. The Morgan fingerprint density at radius 2 is 2.03 bits per heavy atom. The van der Waals surface area contributed by atoms with Crippen LogP contribution in [0.1, 0.15) is 12.8 Å². The summed E-state index contributed by atoms with van der Waals surface area (Å²) in [6, 6.07) is 11.8. The molecular formula is C24H23ClO6. The van der Waals surface area contributed by atoms with E-state index in [0.29, 0.717) is 52.0 Å². The molecule has 1 heterocycles. The highest BCUT2D eigenvalue weighted by molar-refractivity contribution is 6.34. The third-order valence-corrected chi connectivity index (χ3v) is 5.72. The van der Waals surface area contributed by atoms with Crippen LogP contribution in [0.25, 0.3) is 22.3 Å². The largest absolute Gasteiger partial charge is 0.513 e. The van der Waals surface area contributed by atoms with Crippen molar-refractivity contribution in [3.8, 4) is 22.8 Å². The minimum Gasteiger partial charge on any atom is -0.513 e. The maximum atomic E-state index is 12.6. The van der Waals surface area contributed by atoms with Gasteiger partial charge in [-0.25, -0.2) is 0 Å². The molecule has 0 spiro atoms. The van der Waals surface area contributed by atoms with Gasteiger partial charge in [-0.3, -0.25) is 4.79 Å². The van der Waals surface area contributed by atoms with Gasteiger partial charge in [0.1, 0.15) is 23.9 Å². The van der Waals surface area contributed by atoms with Crippen molar-refractivity contribution in [3.05, 3.63) is 70.0 Å². The third kappa shape index (κ3) is 4.55. The number of ether oxygens (including phenoxy) is 3. The predicted octanol–water partition coefficient (Wildman–Crippen LogP) is 5.37. The maximum Gasteiger partial charge on any atom is 0.193 e. The summed E-state index contributed by atoms with van der Waals surface area (Å²) in [6.45, 7) is 4.27. The average molecular weight is 443 g/mol. The number of para-hydroxylation sites is 1. The lowest BCUT2D eigenvalue weighted by Crippen LogP contribution is -2.33. The van der Waals surface area contributed by atoms with Gasteiger partial charge in [0, 0.05) is 12.0 Å². The van der Waals surface area contributed by atoms with E-state index < -0.39 is 0 Å². The van der Waals surface area contributed by atoms with E-state index >= 15 is 0 Å². The summed E-state index contributed by atoms with van der Waals surface area (Å²) >= 11 is 6.24. The van der Waals surface area contributed by atoms with Crippen LogP contribution >= 0.6 is 11.6 Å². The van der Waals surface area contributed by atoms with Gasteiger partial charge >= 0.3 is 0 Å². The van der Waals surface area contributed by atoms with Crippen LogP contribution in [-0.2, 0) is 4.74 Å². The van der Waals surface area contributed by atoms with Crippen LogP contribution in [0.5, 0.6) is 11.5 Å². The van der Waals surface area contributed by atoms with Gasteiger partial charge in [0.05, 0.1) is 41.6 Å². The van der Waals surface area contributed by atoms with Crippen LogP contribution in [0.3, 0.4) is 0 Å². The molecular weight excluding hydrogens is 420 g/mol. The molecule has 0 atom stereocenters. The minimum atomic E-state index is -0.194. The van der Waals surface area contributed by atoms with Crippen molar-refractivity contribution in [2.75, 3.05) is 20.3 Å². The molecule has 1 aromatic heterocycles. The highest BCUT2D eigenvalue weighted by atomic mass is 35.5. The maximum absolute atomic E-state index is 12.6. The first-order valence-corrected chi connectivity index (χ1v) is 10.4. The molecule has 1 aliphatic carbocycles. The number of hydrogen-bond acceptors (Lipinski definition) is 6. The van der Waals surface area contributed by atoms with Crippen molar-refractivity contribution in [2.24, 2.45) is 5.92 Å². The van der Waals surface area contributed by atoms with Gasteiger partial charge in [-0.1, -0.05) is 24.2 Å². The van der Waals surface area contributed by atoms with E-state index in [4.69, 9.17) is 30.2 Å². The molecule has 3 aromatic rings. The summed E-state index contributed by atoms with van der Waals surface area (Å²) in [7, 11) is 1.56. The van der Waals surface area contributed by atoms with E-state index in [2.05, 4.69) is 6.58 Å². The van der Waals surface area contributed by atoms with Gasteiger partial charge in [0.25, 0.3) is 0 Å². The van der Waals surface area contributed by atoms with E-state index in [0.717, 1.165) is 12.8 Å². The molecule has 7 heteroatoms. The van der Waals surface area contributed by atoms with Crippen LogP contribution in [-0.4, -0.2) is 31.5 Å². The fourth-order valence-corrected chi connectivity index (χ4v) is 3.78. The van der Waals surface area contributed by atoms with E-state index in [1.54, 1.807) is 43.5 Å². The molecule has 0 bridgehead atoms. The lowest BCUT2D eigenvalue weighted by molar-refractivity contribution is -0.0388. The second-order valence-corrected chi connectivity index (χ2v) is 7.86. The number of benzene rings is 2. The predicted molar refractivity (Wildman–Crippen MR) is 119 cm³/mol. The molecule has 1 fully saturated rings. The second kappa shape index (κ2) is 9.04. The van der Waals surface area contributed by atoms with Crippen LogP contribution in [0.15, 0.2) is 64.0 Å². The van der Waals surface area contributed by atoms with Gasteiger partial charge in [0.2, 0.25) is 0 Å². The monoisotopic (exact) mass is 442 g/mol. The second-order valence-electron chi connectivity index (χ2n) is 7.45. The van der Waals surface area contributed by atoms with Crippen molar-refractivity contribution in [1.82, 2.24) is 0 Å². The molecule has 4 rings (SSSR count). The van der Waals surface area contributed by atoms with Crippen LogP contribution in [0.4, 0.5) is 0 Å². The lowest BCUT2D eigenvalue weighted by Gasteiger charge is -2.34. The Morgan fingerprint density at radius 1 is 1.23 bits per heavy atom. The zero-order valence-corrected chi connectivity index (χ0v) is 17.9. The van der Waals surface area contributed by atoms with Gasteiger partial charge < -0.3 is 23.7 Å². The van der Waals surface area contributed by atoms with Gasteiger partial charge in [-0.15, -0.1) is 0 Å². The quantitative estimate of drug-likeness (QED) is 0.373. The molecule has 6 nitrogen and oxygen atoms in total. The van der Waals surface area contributed by atoms with E-state index in [9.17, 15) is 9.90 Å². The number of fused-ring (bicyclic) bond motifs is 1. The summed E-state index contributed by atoms with van der Waals surface area (Å²) in [5.41, 5.74) is 0.716. The molecule has 0 radical (unpaired) electrons. The molecule has 0 unspecified atom stereocenters. The first-order chi connectivity index (χ1) is 15.0. The Kier molecular flexibility index (Phi) is 6.20. The fraction of sp³-hybridized carbons (Fsp3) is 0.292. The number of hydrogen-bond donors (Lipinski definition) is 1. The highest BCUT2D eigenvalue weighted by Gasteiger charge is 2.31. The van der Waals surface area contributed by atoms with Gasteiger partial charge in [-0.2, -0.15) is 0 Å². The smallest absolute Gasteiger partial charge is 0.193 e. The van der Waals surface area contributed by atoms with Crippen molar-refractivity contribution in [1.29, 1.82) is 0 Å². The number of aliphatic hydroxyl groups excluding tert-OH is 1. The Bertz CT molecular complexity index is 1160. The normalized spacial score (nSPS) is 17.9. The summed E-state index contributed by atoms with van der Waals surface area (Å²) in [6.07, 6.45) is 1.65. The molecule has 1 saturated carbocycles. The number of methoxy groups -OCH3 is 1. The molecule has 0 saturated heterocycles. The highest BCUT2D eigenvalue weighted by Crippen LogP contribution is 2.36. The Hall–Kier alpha value is -2.96. The van der Waals surface area contributed by atoms with E-state index in [1.165, 1.54) is 6.07 Å². The van der Waals surface area contributed by atoms with Crippen molar-refractivity contribution >= 4 is 22.6 Å². The molecule has 0 amide bonds. The first kappa shape index (κ1) is 21.3. The molecule has 31 heavy (non-hydrogen) atoms. The Balaban J connectivity index is 1.53. The van der Waals surface area contributed by atoms with Gasteiger partial charge in [0.15, 0.2) is 11.0 Å². The number of rotatable bonds is 8. The van der Waals surface area contributed by atoms with Crippen molar-refractivity contribution in [2.45, 2.75) is 18.9 Å². The standard InChI is InChI=1S/C24H23ClO6/c1-14(26)15-10-17(11-15)29-8-9-30-22-7-6-16(28-2)12-19(22)23-13-21(27)18-4-3-5-20(25)24(18)31-23/h3-7,12-13,15,17,26H,1,8-11H2,2H3/t15-,17+. The van der Waals surface area contributed by atoms with Crippen molar-refractivity contribution < 1.29 is 23.7 Å². The third-order valence-electron chi connectivity index (χ3n) is 5.42. The molecule has 0 aliphatic heterocycles. The van der Waals surface area contributed by atoms with Gasteiger partial charge in [-0.05, 0) is 43.2 Å². The van der Waals surface area contributed by atoms with Crippen molar-refractivity contribution in [3.63, 3.8) is 0 Å². The van der Waals surface area contributed by atoms with Crippen LogP contribution in [0, 0.1) is 5.92 Å². The fourth-order valence-electron chi connectivity index (χ4n) is 3.57. The Morgan fingerprint density at radius 3 is 2.77 bits per heavy atom. The zero-order valence-electron chi connectivity index (χ0n) is 17.1. The number of aliphatic hydroxyl groups is 1. The summed E-state index contributed by atoms with van der Waals surface area (Å²) in [5, 5.41) is 10.1. The number of allylic oxidation sites excluding steroid dienone is 1. The van der Waals surface area contributed by atoms with E-state index in [-0.39, 0.29) is 23.2 Å². The SMILES string of the molecule is C=C(O)[C@H]1C[C@@H](OCCOc2ccc(OC)cc2-c2cc(=O)c3cccc(Cl)c3o2)C1. The first-order valence-electron chi connectivity index (χ1n) is 9.99. The van der Waals surface area contributed by atoms with Crippen LogP contribution in [0.2, 0.25) is 5.02 Å².